The maximum atomic E-state index is 6.30. The number of rotatable bonds is 3. The van der Waals surface area contributed by atoms with Crippen LogP contribution in [0.25, 0.3) is 77.5 Å². The van der Waals surface area contributed by atoms with Crippen LogP contribution >= 0.6 is 0 Å². The van der Waals surface area contributed by atoms with Gasteiger partial charge in [0.15, 0.2) is 5.58 Å². The molecule has 0 aliphatic carbocycles. The van der Waals surface area contributed by atoms with Crippen LogP contribution in [0.5, 0.6) is 0 Å². The molecule has 4 heteroatoms. The first kappa shape index (κ1) is 20.9. The molecule has 0 aliphatic heterocycles. The molecule has 0 saturated carbocycles. The third kappa shape index (κ3) is 3.17. The quantitative estimate of drug-likeness (QED) is 0.249. The summed E-state index contributed by atoms with van der Waals surface area (Å²) >= 11 is 0. The Morgan fingerprint density at radius 3 is 2.11 bits per heavy atom. The average Bonchev–Trinajstić information content (AvgIpc) is 3.56. The zero-order valence-electron chi connectivity index (χ0n) is 20.3. The van der Waals surface area contributed by atoms with Crippen LogP contribution < -0.4 is 0 Å². The smallest absolute Gasteiger partial charge is 0.180 e. The highest BCUT2D eigenvalue weighted by Gasteiger charge is 2.16. The van der Waals surface area contributed by atoms with Gasteiger partial charge >= 0.3 is 0 Å². The van der Waals surface area contributed by atoms with Crippen LogP contribution in [0.4, 0.5) is 0 Å². The molecule has 5 aromatic carbocycles. The minimum absolute atomic E-state index is 0.705. The summed E-state index contributed by atoms with van der Waals surface area (Å²) in [7, 11) is 0. The van der Waals surface area contributed by atoms with Crippen LogP contribution in [0.3, 0.4) is 0 Å². The van der Waals surface area contributed by atoms with Gasteiger partial charge in [0.1, 0.15) is 34.3 Å². The molecule has 0 N–H and O–H groups in total. The lowest BCUT2D eigenvalue weighted by molar-refractivity contribution is 0.667. The van der Waals surface area contributed by atoms with Crippen molar-refractivity contribution >= 4 is 44.0 Å². The molecule has 0 radical (unpaired) electrons. The Bertz CT molecular complexity index is 2140. The maximum Gasteiger partial charge on any atom is 0.180 e. The van der Waals surface area contributed by atoms with Crippen molar-refractivity contribution in [2.45, 2.75) is 0 Å². The van der Waals surface area contributed by atoms with E-state index in [1.807, 2.05) is 54.6 Å². The summed E-state index contributed by atoms with van der Waals surface area (Å²) in [5, 5.41) is 3.24. The summed E-state index contributed by atoms with van der Waals surface area (Å²) in [6.07, 6.45) is 1.61. The average molecular weight is 489 g/mol. The van der Waals surface area contributed by atoms with Crippen LogP contribution in [0.15, 0.2) is 130 Å². The Labute approximate surface area is 217 Å². The monoisotopic (exact) mass is 488 g/mol. The zero-order valence-corrected chi connectivity index (χ0v) is 20.3. The predicted molar refractivity (Wildman–Crippen MR) is 153 cm³/mol. The van der Waals surface area contributed by atoms with E-state index in [4.69, 9.17) is 8.83 Å². The highest BCUT2D eigenvalue weighted by Crippen LogP contribution is 2.38. The zero-order chi connectivity index (χ0) is 25.1. The van der Waals surface area contributed by atoms with Crippen LogP contribution in [-0.2, 0) is 0 Å². The van der Waals surface area contributed by atoms with Crippen LogP contribution in [-0.4, -0.2) is 9.97 Å². The van der Waals surface area contributed by atoms with E-state index in [2.05, 4.69) is 70.6 Å². The second-order valence-corrected chi connectivity index (χ2v) is 9.44. The summed E-state index contributed by atoms with van der Waals surface area (Å²) < 4.78 is 12.6. The Morgan fingerprint density at radius 1 is 0.447 bits per heavy atom. The van der Waals surface area contributed by atoms with Crippen molar-refractivity contribution in [2.75, 3.05) is 0 Å². The van der Waals surface area contributed by atoms with E-state index in [9.17, 15) is 0 Å². The fourth-order valence-corrected chi connectivity index (χ4v) is 5.40. The van der Waals surface area contributed by atoms with E-state index in [0.717, 1.165) is 71.9 Å². The molecule has 0 unspecified atom stereocenters. The largest absolute Gasteiger partial charge is 0.455 e. The summed E-state index contributed by atoms with van der Waals surface area (Å²) in [6.45, 7) is 0. The molecule has 0 aliphatic rings. The summed E-state index contributed by atoms with van der Waals surface area (Å²) in [5.41, 5.74) is 10.3. The summed E-state index contributed by atoms with van der Waals surface area (Å²) in [5.74, 6) is 0. The molecule has 0 fully saturated rings. The molecule has 38 heavy (non-hydrogen) atoms. The number of nitrogens with zero attached hydrogens (tertiary/aromatic N) is 2. The van der Waals surface area contributed by atoms with Gasteiger partial charge in [0.2, 0.25) is 0 Å². The Hall–Kier alpha value is -5.22. The van der Waals surface area contributed by atoms with Gasteiger partial charge < -0.3 is 8.83 Å². The third-order valence-corrected chi connectivity index (χ3v) is 7.21. The van der Waals surface area contributed by atoms with Gasteiger partial charge in [-0.15, -0.1) is 0 Å². The Balaban J connectivity index is 1.27. The molecular weight excluding hydrogens is 468 g/mol. The van der Waals surface area contributed by atoms with Crippen molar-refractivity contribution in [1.29, 1.82) is 0 Å². The highest BCUT2D eigenvalue weighted by molar-refractivity contribution is 6.10. The van der Waals surface area contributed by atoms with Crippen LogP contribution in [0.2, 0.25) is 0 Å². The molecule has 178 valence electrons. The van der Waals surface area contributed by atoms with Crippen molar-refractivity contribution in [3.63, 3.8) is 0 Å². The minimum atomic E-state index is 0.705. The van der Waals surface area contributed by atoms with Gasteiger partial charge in [0.25, 0.3) is 0 Å². The lowest BCUT2D eigenvalue weighted by Gasteiger charge is -2.07. The normalized spacial score (nSPS) is 11.7. The van der Waals surface area contributed by atoms with Gasteiger partial charge in [0.05, 0.1) is 0 Å². The lowest BCUT2D eigenvalue weighted by Crippen LogP contribution is -1.86. The molecule has 0 bridgehead atoms. The van der Waals surface area contributed by atoms with E-state index >= 15 is 0 Å². The molecule has 0 atom stereocenters. The van der Waals surface area contributed by atoms with E-state index in [1.54, 1.807) is 6.33 Å². The van der Waals surface area contributed by atoms with Gasteiger partial charge in [-0.05, 0) is 41.0 Å². The fourth-order valence-electron chi connectivity index (χ4n) is 5.40. The SMILES string of the molecule is c1ccc(-c2ncnc3c2oc2ccc(-c4cccc(-c5cccc6c5oc5ccccc56)c4)cc23)cc1. The number of hydrogen-bond acceptors (Lipinski definition) is 4. The lowest BCUT2D eigenvalue weighted by atomic mass is 9.97. The Kier molecular flexibility index (Phi) is 4.49. The van der Waals surface area contributed by atoms with Crippen molar-refractivity contribution in [3.05, 3.63) is 122 Å². The first-order chi connectivity index (χ1) is 18.8. The van der Waals surface area contributed by atoms with Crippen molar-refractivity contribution in [1.82, 2.24) is 9.97 Å². The summed E-state index contributed by atoms with van der Waals surface area (Å²) in [4.78, 5) is 9.12. The first-order valence-corrected chi connectivity index (χ1v) is 12.6. The molecule has 0 spiro atoms. The maximum absolute atomic E-state index is 6.30. The van der Waals surface area contributed by atoms with Gasteiger partial charge in [-0.3, -0.25) is 0 Å². The Morgan fingerprint density at radius 2 is 1.16 bits per heavy atom. The van der Waals surface area contributed by atoms with E-state index in [1.165, 1.54) is 0 Å². The van der Waals surface area contributed by atoms with Crippen molar-refractivity contribution in [2.24, 2.45) is 0 Å². The molecule has 4 nitrogen and oxygen atoms in total. The minimum Gasteiger partial charge on any atom is -0.455 e. The van der Waals surface area contributed by atoms with Gasteiger partial charge in [-0.1, -0.05) is 91.0 Å². The molecular formula is C34H20N2O2. The molecule has 3 aromatic heterocycles. The second kappa shape index (κ2) is 8.15. The molecule has 8 rings (SSSR count). The molecule has 8 aromatic rings. The number of fused-ring (bicyclic) bond motifs is 6. The van der Waals surface area contributed by atoms with Crippen LogP contribution in [0, 0.1) is 0 Å². The fraction of sp³-hybridized carbons (Fsp3) is 0. The van der Waals surface area contributed by atoms with Gasteiger partial charge in [-0.2, -0.15) is 0 Å². The van der Waals surface area contributed by atoms with E-state index in [-0.39, 0.29) is 0 Å². The van der Waals surface area contributed by atoms with E-state index < -0.39 is 0 Å². The van der Waals surface area contributed by atoms with Crippen molar-refractivity contribution < 1.29 is 8.83 Å². The number of aromatic nitrogens is 2. The molecule has 0 saturated heterocycles. The number of hydrogen-bond donors (Lipinski definition) is 0. The number of para-hydroxylation sites is 2. The standard InChI is InChI=1S/C34H20N2O2/c1-2-8-21(9-3-1)31-34-32(36-20-35-31)28-19-23(16-17-30(28)38-34)22-10-6-11-24(18-22)25-13-7-14-27-26-12-4-5-15-29(26)37-33(25)27/h1-20H. The number of benzene rings is 5. The third-order valence-electron chi connectivity index (χ3n) is 7.21. The second-order valence-electron chi connectivity index (χ2n) is 9.44. The molecule has 3 heterocycles. The van der Waals surface area contributed by atoms with Crippen molar-refractivity contribution in [3.8, 4) is 33.5 Å². The number of furan rings is 2. The molecule has 0 amide bonds. The van der Waals surface area contributed by atoms with E-state index in [0.29, 0.717) is 5.58 Å². The van der Waals surface area contributed by atoms with Gasteiger partial charge in [0, 0.05) is 27.3 Å². The van der Waals surface area contributed by atoms with Crippen LogP contribution in [0.1, 0.15) is 0 Å². The first-order valence-electron chi connectivity index (χ1n) is 12.6. The highest BCUT2D eigenvalue weighted by atomic mass is 16.3. The summed E-state index contributed by atoms with van der Waals surface area (Å²) in [6, 6.07) is 39.5. The predicted octanol–water partition coefficient (Wildman–Crippen LogP) is 9.28. The topological polar surface area (TPSA) is 52.1 Å². The van der Waals surface area contributed by atoms with Gasteiger partial charge in [-0.25, -0.2) is 9.97 Å².